The van der Waals surface area contributed by atoms with Crippen molar-refractivity contribution in [1.82, 2.24) is 9.62 Å². The van der Waals surface area contributed by atoms with E-state index in [4.69, 9.17) is 4.74 Å². The number of hydrogen-bond donors (Lipinski definition) is 1. The molecule has 5 rings (SSSR count). The maximum atomic E-state index is 14.2. The number of para-hydroxylation sites is 1. The molecule has 0 bridgehead atoms. The average molecular weight is 580 g/mol. The van der Waals surface area contributed by atoms with Crippen LogP contribution in [0.2, 0.25) is 0 Å². The molecule has 1 N–H and O–H groups in total. The second kappa shape index (κ2) is 11.8. The Morgan fingerprint density at radius 1 is 1.07 bits per heavy atom. The van der Waals surface area contributed by atoms with Gasteiger partial charge in [0.2, 0.25) is 11.8 Å². The van der Waals surface area contributed by atoms with Crippen LogP contribution in [0.5, 0.6) is 0 Å². The quantitative estimate of drug-likeness (QED) is 0.415. The zero-order valence-corrected chi connectivity index (χ0v) is 23.3. The van der Waals surface area contributed by atoms with Crippen molar-refractivity contribution in [2.45, 2.75) is 43.2 Å². The Morgan fingerprint density at radius 3 is 2.46 bits per heavy atom. The summed E-state index contributed by atoms with van der Waals surface area (Å²) >= 11 is 0. The molecule has 0 radical (unpaired) electrons. The molecule has 214 valence electrons. The second-order valence-corrected chi connectivity index (χ2v) is 11.7. The van der Waals surface area contributed by atoms with Crippen LogP contribution in [0.3, 0.4) is 0 Å². The molecule has 0 saturated carbocycles. The highest BCUT2D eigenvalue weighted by Gasteiger charge is 2.44. The van der Waals surface area contributed by atoms with Crippen LogP contribution in [0.25, 0.3) is 0 Å². The lowest BCUT2D eigenvalue weighted by Gasteiger charge is -2.34. The molecule has 3 amide bonds. The third-order valence-electron chi connectivity index (χ3n) is 7.31. The van der Waals surface area contributed by atoms with E-state index in [1.807, 2.05) is 6.92 Å². The standard InChI is InChI=1S/C30H30FN3O6S/c1-2-20-8-3-5-11-25(20)34(27(35)19-33-30(37)24-10-4-6-12-26(24)41(33,38)39)28(21-13-15-22(31)16-14-21)29(36)32-18-23-9-7-17-40-23/h3-6,8,10-16,23,28H,2,7,9,17-19H2,1H3,(H,32,36). The number of hydrogen-bond acceptors (Lipinski definition) is 6. The average Bonchev–Trinajstić information content (AvgIpc) is 3.57. The van der Waals surface area contributed by atoms with E-state index in [1.165, 1.54) is 47.4 Å². The number of carbonyl (C=O) groups is 3. The van der Waals surface area contributed by atoms with Crippen LogP contribution >= 0.6 is 0 Å². The van der Waals surface area contributed by atoms with E-state index in [9.17, 15) is 27.2 Å². The Balaban J connectivity index is 1.57. The number of benzene rings is 3. The number of sulfonamides is 1. The van der Waals surface area contributed by atoms with E-state index in [-0.39, 0.29) is 23.1 Å². The minimum atomic E-state index is -4.29. The molecular weight excluding hydrogens is 549 g/mol. The number of halogens is 1. The van der Waals surface area contributed by atoms with Crippen molar-refractivity contribution in [3.8, 4) is 0 Å². The third kappa shape index (κ3) is 5.59. The van der Waals surface area contributed by atoms with Crippen molar-refractivity contribution < 1.29 is 31.9 Å². The van der Waals surface area contributed by atoms with E-state index in [1.54, 1.807) is 30.3 Å². The van der Waals surface area contributed by atoms with Gasteiger partial charge in [-0.15, -0.1) is 0 Å². The van der Waals surface area contributed by atoms with E-state index in [2.05, 4.69) is 5.32 Å². The molecule has 2 aliphatic rings. The number of fused-ring (bicyclic) bond motifs is 1. The predicted octanol–water partition coefficient (Wildman–Crippen LogP) is 3.60. The van der Waals surface area contributed by atoms with Gasteiger partial charge in [-0.05, 0) is 60.7 Å². The molecule has 0 spiro atoms. The first kappa shape index (κ1) is 28.4. The predicted molar refractivity (Wildman–Crippen MR) is 149 cm³/mol. The normalized spacial score (nSPS) is 18.1. The van der Waals surface area contributed by atoms with E-state index in [0.717, 1.165) is 18.4 Å². The molecule has 2 unspecified atom stereocenters. The Morgan fingerprint density at radius 2 is 1.78 bits per heavy atom. The highest BCUT2D eigenvalue weighted by molar-refractivity contribution is 7.90. The number of carbonyl (C=O) groups excluding carboxylic acids is 3. The lowest BCUT2D eigenvalue weighted by atomic mass is 10.0. The number of amides is 3. The monoisotopic (exact) mass is 579 g/mol. The lowest BCUT2D eigenvalue weighted by Crippen LogP contribution is -2.49. The molecule has 1 fully saturated rings. The first-order valence-electron chi connectivity index (χ1n) is 13.4. The van der Waals surface area contributed by atoms with Gasteiger partial charge in [0.15, 0.2) is 0 Å². The molecule has 41 heavy (non-hydrogen) atoms. The van der Waals surface area contributed by atoms with Gasteiger partial charge < -0.3 is 10.1 Å². The fraction of sp³-hybridized carbons (Fsp3) is 0.300. The van der Waals surface area contributed by atoms with E-state index >= 15 is 0 Å². The molecular formula is C30H30FN3O6S. The summed E-state index contributed by atoms with van der Waals surface area (Å²) in [4.78, 5) is 42.2. The van der Waals surface area contributed by atoms with Crippen LogP contribution < -0.4 is 10.2 Å². The molecule has 9 nitrogen and oxygen atoms in total. The third-order valence-corrected chi connectivity index (χ3v) is 9.10. The summed E-state index contributed by atoms with van der Waals surface area (Å²) in [5.41, 5.74) is 1.39. The number of ether oxygens (including phenoxy) is 1. The van der Waals surface area contributed by atoms with Crippen LogP contribution in [0.1, 0.15) is 47.3 Å². The number of anilines is 1. The second-order valence-electron chi connectivity index (χ2n) is 9.89. The number of rotatable bonds is 9. The lowest BCUT2D eigenvalue weighted by molar-refractivity contribution is -0.127. The topological polar surface area (TPSA) is 113 Å². The Hall–Kier alpha value is -4.09. The summed E-state index contributed by atoms with van der Waals surface area (Å²) in [6, 6.07) is 16.6. The van der Waals surface area contributed by atoms with Crippen molar-refractivity contribution in [1.29, 1.82) is 0 Å². The smallest absolute Gasteiger partial charge is 0.269 e. The molecule has 0 aromatic heterocycles. The molecule has 2 atom stereocenters. The zero-order valence-electron chi connectivity index (χ0n) is 22.5. The Bertz CT molecular complexity index is 1570. The molecule has 2 aliphatic heterocycles. The maximum absolute atomic E-state index is 14.2. The summed E-state index contributed by atoms with van der Waals surface area (Å²) in [7, 11) is -4.29. The van der Waals surface area contributed by atoms with Gasteiger partial charge in [-0.25, -0.2) is 17.1 Å². The molecule has 3 aromatic rings. The Labute approximate surface area is 238 Å². The van der Waals surface area contributed by atoms with E-state index < -0.39 is 46.1 Å². The summed E-state index contributed by atoms with van der Waals surface area (Å²) in [6.45, 7) is 1.86. The van der Waals surface area contributed by atoms with Gasteiger partial charge in [-0.2, -0.15) is 0 Å². The van der Waals surface area contributed by atoms with Crippen molar-refractivity contribution >= 4 is 33.4 Å². The SMILES string of the molecule is CCc1ccccc1N(C(=O)CN1C(=O)c2ccccc2S1(=O)=O)C(C(=O)NCC1CCCO1)c1ccc(F)cc1. The number of nitrogens with one attached hydrogen (secondary N) is 1. The van der Waals surface area contributed by atoms with Gasteiger partial charge in [0.1, 0.15) is 23.3 Å². The van der Waals surface area contributed by atoms with Crippen LogP contribution in [0, 0.1) is 5.82 Å². The molecule has 11 heteroatoms. The minimum absolute atomic E-state index is 0.0230. The number of aryl methyl sites for hydroxylation is 1. The fourth-order valence-electron chi connectivity index (χ4n) is 5.23. The molecule has 1 saturated heterocycles. The molecule has 3 aromatic carbocycles. The van der Waals surface area contributed by atoms with Crippen molar-refractivity contribution in [3.05, 3.63) is 95.3 Å². The summed E-state index contributed by atoms with van der Waals surface area (Å²) < 4.78 is 46.6. The summed E-state index contributed by atoms with van der Waals surface area (Å²) in [5.74, 6) is -2.69. The fourth-order valence-corrected chi connectivity index (χ4v) is 6.75. The van der Waals surface area contributed by atoms with E-state index in [0.29, 0.717) is 28.6 Å². The summed E-state index contributed by atoms with van der Waals surface area (Å²) in [5, 5.41) is 2.86. The van der Waals surface area contributed by atoms with Crippen molar-refractivity contribution in [2.75, 3.05) is 24.6 Å². The van der Waals surface area contributed by atoms with Gasteiger partial charge in [-0.3, -0.25) is 19.3 Å². The summed E-state index contributed by atoms with van der Waals surface area (Å²) in [6.07, 6.45) is 1.97. The van der Waals surface area contributed by atoms with Crippen LogP contribution in [-0.4, -0.2) is 56.2 Å². The number of nitrogens with zero attached hydrogens (tertiary/aromatic N) is 2. The van der Waals surface area contributed by atoms with Crippen molar-refractivity contribution in [3.63, 3.8) is 0 Å². The zero-order chi connectivity index (χ0) is 29.1. The van der Waals surface area contributed by atoms with Crippen LogP contribution in [-0.2, 0) is 30.8 Å². The first-order chi connectivity index (χ1) is 19.7. The van der Waals surface area contributed by atoms with Gasteiger partial charge in [0.25, 0.3) is 15.9 Å². The van der Waals surface area contributed by atoms with Crippen LogP contribution in [0.4, 0.5) is 10.1 Å². The first-order valence-corrected chi connectivity index (χ1v) is 14.9. The van der Waals surface area contributed by atoms with Gasteiger partial charge in [-0.1, -0.05) is 49.4 Å². The van der Waals surface area contributed by atoms with Gasteiger partial charge >= 0.3 is 0 Å². The molecule has 2 heterocycles. The highest BCUT2D eigenvalue weighted by atomic mass is 32.2. The van der Waals surface area contributed by atoms with Crippen LogP contribution in [0.15, 0.2) is 77.7 Å². The van der Waals surface area contributed by atoms with Crippen molar-refractivity contribution in [2.24, 2.45) is 0 Å². The largest absolute Gasteiger partial charge is 0.376 e. The highest BCUT2D eigenvalue weighted by Crippen LogP contribution is 2.34. The minimum Gasteiger partial charge on any atom is -0.376 e. The maximum Gasteiger partial charge on any atom is 0.269 e. The molecule has 0 aliphatic carbocycles. The van der Waals surface area contributed by atoms with Gasteiger partial charge in [0.05, 0.1) is 11.7 Å². The van der Waals surface area contributed by atoms with Gasteiger partial charge in [0, 0.05) is 18.8 Å². The Kier molecular flexibility index (Phi) is 8.18.